The minimum absolute atomic E-state index is 0.116. The fourth-order valence-electron chi connectivity index (χ4n) is 2.51. The number of aliphatic hydroxyl groups excluding tert-OH is 1. The van der Waals surface area contributed by atoms with Crippen molar-refractivity contribution in [3.8, 4) is 0 Å². The van der Waals surface area contributed by atoms with E-state index in [1.807, 2.05) is 13.8 Å². The summed E-state index contributed by atoms with van der Waals surface area (Å²) in [4.78, 5) is 18.1. The number of oxazole rings is 1. The van der Waals surface area contributed by atoms with Crippen LogP contribution in [0, 0.1) is 6.92 Å². The van der Waals surface area contributed by atoms with E-state index in [1.165, 1.54) is 4.90 Å². The Bertz CT molecular complexity index is 499. The second kappa shape index (κ2) is 5.54. The maximum Gasteiger partial charge on any atom is 0.291 e. The first-order valence-corrected chi connectivity index (χ1v) is 7.07. The van der Waals surface area contributed by atoms with Gasteiger partial charge in [0.2, 0.25) is 5.76 Å². The largest absolute Gasteiger partial charge is 0.435 e. The molecule has 2 heterocycles. The van der Waals surface area contributed by atoms with Gasteiger partial charge in [0.1, 0.15) is 6.10 Å². The molecule has 112 valence electrons. The fourth-order valence-corrected chi connectivity index (χ4v) is 2.51. The van der Waals surface area contributed by atoms with Crippen LogP contribution >= 0.6 is 0 Å². The van der Waals surface area contributed by atoms with E-state index >= 15 is 0 Å². The van der Waals surface area contributed by atoms with Crippen molar-refractivity contribution in [1.82, 2.24) is 9.88 Å². The molecule has 1 aliphatic rings. The standard InChI is InChI=1S/C14H22N2O4/c1-4-11-15-9(3)12(20-11)13(18)16-7-6-14(19,5-2)10(17)8-16/h10,17,19H,4-8H2,1-3H3/t10-,14-/m1/s1. The van der Waals surface area contributed by atoms with Crippen molar-refractivity contribution in [2.45, 2.75) is 51.7 Å². The third-order valence-electron chi connectivity index (χ3n) is 4.07. The fraction of sp³-hybridized carbons (Fsp3) is 0.714. The minimum atomic E-state index is -1.10. The highest BCUT2D eigenvalue weighted by Gasteiger charge is 2.41. The number of carbonyl (C=O) groups is 1. The minimum Gasteiger partial charge on any atom is -0.435 e. The summed E-state index contributed by atoms with van der Waals surface area (Å²) >= 11 is 0. The maximum absolute atomic E-state index is 12.4. The molecule has 1 aromatic rings. The Morgan fingerprint density at radius 3 is 2.75 bits per heavy atom. The number of rotatable bonds is 3. The predicted octanol–water partition coefficient (Wildman–Crippen LogP) is 0.893. The Labute approximate surface area is 118 Å². The second-order valence-electron chi connectivity index (χ2n) is 5.35. The average Bonchev–Trinajstić information content (AvgIpc) is 2.82. The number of carbonyl (C=O) groups excluding carboxylic acids is 1. The molecule has 2 N–H and O–H groups in total. The number of piperidine rings is 1. The van der Waals surface area contributed by atoms with Crippen LogP contribution in [-0.4, -0.2) is 50.8 Å². The SMILES string of the molecule is CCc1nc(C)c(C(=O)N2CC[C@](O)(CC)[C@H](O)C2)o1. The molecule has 2 rings (SSSR count). The van der Waals surface area contributed by atoms with Crippen LogP contribution in [0.3, 0.4) is 0 Å². The molecule has 2 atom stereocenters. The van der Waals surface area contributed by atoms with Crippen molar-refractivity contribution in [1.29, 1.82) is 0 Å². The maximum atomic E-state index is 12.4. The summed E-state index contributed by atoms with van der Waals surface area (Å²) in [5.41, 5.74) is -0.528. The quantitative estimate of drug-likeness (QED) is 0.860. The lowest BCUT2D eigenvalue weighted by Crippen LogP contribution is -2.56. The lowest BCUT2D eigenvalue weighted by Gasteiger charge is -2.41. The van der Waals surface area contributed by atoms with Crippen molar-refractivity contribution < 1.29 is 19.4 Å². The van der Waals surface area contributed by atoms with Gasteiger partial charge < -0.3 is 19.5 Å². The van der Waals surface area contributed by atoms with Crippen molar-refractivity contribution in [3.05, 3.63) is 17.3 Å². The Hall–Kier alpha value is -1.40. The van der Waals surface area contributed by atoms with Gasteiger partial charge in [-0.2, -0.15) is 0 Å². The van der Waals surface area contributed by atoms with E-state index in [-0.39, 0.29) is 18.2 Å². The molecule has 1 aromatic heterocycles. The van der Waals surface area contributed by atoms with Gasteiger partial charge in [0, 0.05) is 19.5 Å². The Morgan fingerprint density at radius 1 is 1.55 bits per heavy atom. The molecule has 1 amide bonds. The van der Waals surface area contributed by atoms with Gasteiger partial charge in [0.25, 0.3) is 5.91 Å². The Morgan fingerprint density at radius 2 is 2.25 bits per heavy atom. The normalized spacial score (nSPS) is 26.9. The predicted molar refractivity (Wildman–Crippen MR) is 72.4 cm³/mol. The molecule has 0 aliphatic carbocycles. The molecule has 1 aliphatic heterocycles. The smallest absolute Gasteiger partial charge is 0.291 e. The number of likely N-dealkylation sites (tertiary alicyclic amines) is 1. The lowest BCUT2D eigenvalue weighted by atomic mass is 9.86. The Balaban J connectivity index is 2.13. The van der Waals surface area contributed by atoms with E-state index in [0.717, 1.165) is 0 Å². The molecule has 0 bridgehead atoms. The van der Waals surface area contributed by atoms with Gasteiger partial charge in [-0.3, -0.25) is 4.79 Å². The summed E-state index contributed by atoms with van der Waals surface area (Å²) in [5.74, 6) is 0.497. The van der Waals surface area contributed by atoms with Crippen LogP contribution in [0.4, 0.5) is 0 Å². The number of β-amino-alcohol motifs (C(OH)–C–C–N with tert-alkyl or cyclic N) is 1. The topological polar surface area (TPSA) is 86.8 Å². The Kier molecular flexibility index (Phi) is 4.15. The first kappa shape index (κ1) is 15.0. The van der Waals surface area contributed by atoms with Gasteiger partial charge in [-0.05, 0) is 19.8 Å². The number of hydrogen-bond acceptors (Lipinski definition) is 5. The van der Waals surface area contributed by atoms with Crippen molar-refractivity contribution in [2.75, 3.05) is 13.1 Å². The average molecular weight is 282 g/mol. The van der Waals surface area contributed by atoms with E-state index < -0.39 is 11.7 Å². The zero-order valence-corrected chi connectivity index (χ0v) is 12.2. The molecule has 0 unspecified atom stereocenters. The summed E-state index contributed by atoms with van der Waals surface area (Å²) in [6, 6.07) is 0. The van der Waals surface area contributed by atoms with Gasteiger partial charge >= 0.3 is 0 Å². The van der Waals surface area contributed by atoms with Crippen LogP contribution < -0.4 is 0 Å². The molecular formula is C14H22N2O4. The summed E-state index contributed by atoms with van der Waals surface area (Å²) in [6.07, 6.45) is 0.535. The van der Waals surface area contributed by atoms with Crippen molar-refractivity contribution >= 4 is 5.91 Å². The molecule has 6 heteroatoms. The van der Waals surface area contributed by atoms with Crippen molar-refractivity contribution in [2.24, 2.45) is 0 Å². The molecule has 0 aromatic carbocycles. The number of aromatic nitrogens is 1. The number of aryl methyl sites for hydroxylation is 2. The van der Waals surface area contributed by atoms with Gasteiger partial charge in [-0.1, -0.05) is 13.8 Å². The highest BCUT2D eigenvalue weighted by Crippen LogP contribution is 2.27. The molecule has 1 saturated heterocycles. The summed E-state index contributed by atoms with van der Waals surface area (Å²) in [5, 5.41) is 20.2. The highest BCUT2D eigenvalue weighted by atomic mass is 16.4. The van der Waals surface area contributed by atoms with Crippen LogP contribution in [0.1, 0.15) is 48.8 Å². The first-order chi connectivity index (χ1) is 9.41. The van der Waals surface area contributed by atoms with Crippen LogP contribution in [-0.2, 0) is 6.42 Å². The number of hydrogen-bond donors (Lipinski definition) is 2. The molecule has 20 heavy (non-hydrogen) atoms. The zero-order valence-electron chi connectivity index (χ0n) is 12.2. The van der Waals surface area contributed by atoms with E-state index in [1.54, 1.807) is 6.92 Å². The molecular weight excluding hydrogens is 260 g/mol. The molecule has 6 nitrogen and oxygen atoms in total. The molecule has 0 saturated carbocycles. The van der Waals surface area contributed by atoms with Crippen molar-refractivity contribution in [3.63, 3.8) is 0 Å². The van der Waals surface area contributed by atoms with E-state index in [0.29, 0.717) is 37.4 Å². The highest BCUT2D eigenvalue weighted by molar-refractivity contribution is 5.92. The molecule has 1 fully saturated rings. The van der Waals surface area contributed by atoms with Gasteiger partial charge in [0.15, 0.2) is 5.89 Å². The lowest BCUT2D eigenvalue weighted by molar-refractivity contribution is -0.114. The summed E-state index contributed by atoms with van der Waals surface area (Å²) in [7, 11) is 0. The van der Waals surface area contributed by atoms with Crippen LogP contribution in [0.25, 0.3) is 0 Å². The third-order valence-corrected chi connectivity index (χ3v) is 4.07. The van der Waals surface area contributed by atoms with Crippen LogP contribution in [0.15, 0.2) is 4.42 Å². The van der Waals surface area contributed by atoms with Crippen LogP contribution in [0.5, 0.6) is 0 Å². The molecule has 0 spiro atoms. The molecule has 0 radical (unpaired) electrons. The van der Waals surface area contributed by atoms with Gasteiger partial charge in [0.05, 0.1) is 11.3 Å². The summed E-state index contributed by atoms with van der Waals surface area (Å²) in [6.45, 7) is 5.99. The summed E-state index contributed by atoms with van der Waals surface area (Å²) < 4.78 is 5.45. The van der Waals surface area contributed by atoms with Crippen LogP contribution in [0.2, 0.25) is 0 Å². The van der Waals surface area contributed by atoms with Gasteiger partial charge in [-0.25, -0.2) is 4.98 Å². The second-order valence-corrected chi connectivity index (χ2v) is 5.35. The van der Waals surface area contributed by atoms with E-state index in [2.05, 4.69) is 4.98 Å². The number of aliphatic hydroxyl groups is 2. The monoisotopic (exact) mass is 282 g/mol. The van der Waals surface area contributed by atoms with Gasteiger partial charge in [-0.15, -0.1) is 0 Å². The number of amides is 1. The van der Waals surface area contributed by atoms with E-state index in [4.69, 9.17) is 4.42 Å². The third kappa shape index (κ3) is 2.58. The number of nitrogens with zero attached hydrogens (tertiary/aromatic N) is 2. The zero-order chi connectivity index (χ0) is 14.9. The van der Waals surface area contributed by atoms with E-state index in [9.17, 15) is 15.0 Å². The first-order valence-electron chi connectivity index (χ1n) is 7.07.